The van der Waals surface area contributed by atoms with Gasteiger partial charge < -0.3 is 14.0 Å². The third-order valence-electron chi connectivity index (χ3n) is 2.38. The molecule has 0 fully saturated rings. The zero-order chi connectivity index (χ0) is 22.7. The molecule has 0 aliphatic carbocycles. The first-order valence-corrected chi connectivity index (χ1v) is 6.19. The molecule has 0 bridgehead atoms. The highest BCUT2D eigenvalue weighted by Gasteiger charge is 2.48. The fourth-order valence-electron chi connectivity index (χ4n) is 0.895. The standard InChI is InChI=1S/C12H6BF9O6/c1-4(10(14,15)16)7(23)26-13(27-8(24)5(2)11(17,18)19)28-9(25)6(3)12(20,21)22/h1-3H2. The van der Waals surface area contributed by atoms with Gasteiger partial charge in [-0.05, 0) is 0 Å². The smallest absolute Gasteiger partial charge is 0.458 e. The molecule has 156 valence electrons. The maximum Gasteiger partial charge on any atom is 0.870 e. The molecule has 0 radical (unpaired) electrons. The Morgan fingerprint density at radius 1 is 0.536 bits per heavy atom. The summed E-state index contributed by atoms with van der Waals surface area (Å²) >= 11 is 0. The van der Waals surface area contributed by atoms with Crippen LogP contribution in [-0.4, -0.2) is 43.8 Å². The lowest BCUT2D eigenvalue weighted by Crippen LogP contribution is -2.39. The summed E-state index contributed by atoms with van der Waals surface area (Å²) in [6, 6.07) is 0. The van der Waals surface area contributed by atoms with Gasteiger partial charge in [-0.2, -0.15) is 39.5 Å². The lowest BCUT2D eigenvalue weighted by atomic mass is 10.1. The third-order valence-corrected chi connectivity index (χ3v) is 2.38. The Labute approximate surface area is 149 Å². The summed E-state index contributed by atoms with van der Waals surface area (Å²) in [6.45, 7) is 6.63. The molecule has 0 aliphatic heterocycles. The largest absolute Gasteiger partial charge is 0.870 e. The quantitative estimate of drug-likeness (QED) is 0.368. The van der Waals surface area contributed by atoms with Crippen LogP contribution in [0, 0.1) is 0 Å². The van der Waals surface area contributed by atoms with E-state index < -0.39 is 60.5 Å². The van der Waals surface area contributed by atoms with Crippen molar-refractivity contribution in [3.63, 3.8) is 0 Å². The fourth-order valence-corrected chi connectivity index (χ4v) is 0.895. The van der Waals surface area contributed by atoms with Gasteiger partial charge in [0.1, 0.15) is 16.7 Å². The monoisotopic (exact) mass is 428 g/mol. The van der Waals surface area contributed by atoms with E-state index in [-0.39, 0.29) is 0 Å². The van der Waals surface area contributed by atoms with E-state index in [2.05, 4.69) is 33.7 Å². The van der Waals surface area contributed by atoms with Crippen molar-refractivity contribution in [2.75, 3.05) is 0 Å². The first-order valence-electron chi connectivity index (χ1n) is 6.19. The first kappa shape index (κ1) is 25.1. The van der Waals surface area contributed by atoms with Crippen molar-refractivity contribution in [1.82, 2.24) is 0 Å². The number of carbonyl (C=O) groups excluding carboxylic acids is 3. The molecule has 16 heteroatoms. The van der Waals surface area contributed by atoms with Gasteiger partial charge in [-0.3, -0.25) is 0 Å². The summed E-state index contributed by atoms with van der Waals surface area (Å²) in [5.41, 5.74) is -6.93. The summed E-state index contributed by atoms with van der Waals surface area (Å²) < 4.78 is 122. The third kappa shape index (κ3) is 7.36. The summed E-state index contributed by atoms with van der Waals surface area (Å²) in [4.78, 5) is 33.5. The van der Waals surface area contributed by atoms with Crippen molar-refractivity contribution in [1.29, 1.82) is 0 Å². The van der Waals surface area contributed by atoms with E-state index in [0.717, 1.165) is 0 Å². The second-order valence-electron chi connectivity index (χ2n) is 4.43. The highest BCUT2D eigenvalue weighted by Crippen LogP contribution is 2.28. The molecule has 0 spiro atoms. The molecule has 0 N–H and O–H groups in total. The minimum Gasteiger partial charge on any atom is -0.458 e. The first-order chi connectivity index (χ1) is 12.3. The van der Waals surface area contributed by atoms with Crippen LogP contribution in [-0.2, 0) is 28.3 Å². The summed E-state index contributed by atoms with van der Waals surface area (Å²) in [6.07, 6.45) is -16.3. The van der Waals surface area contributed by atoms with Gasteiger partial charge in [0.25, 0.3) is 0 Å². The van der Waals surface area contributed by atoms with Gasteiger partial charge in [0.05, 0.1) is 0 Å². The van der Waals surface area contributed by atoms with Crippen LogP contribution in [0.1, 0.15) is 0 Å². The van der Waals surface area contributed by atoms with Crippen molar-refractivity contribution >= 4 is 25.2 Å². The van der Waals surface area contributed by atoms with E-state index in [1.807, 2.05) is 0 Å². The molecule has 0 heterocycles. The molecule has 0 saturated heterocycles. The van der Waals surface area contributed by atoms with Crippen LogP contribution in [0.5, 0.6) is 0 Å². The van der Waals surface area contributed by atoms with Crippen LogP contribution in [0.15, 0.2) is 36.5 Å². The van der Waals surface area contributed by atoms with E-state index >= 15 is 0 Å². The maximum absolute atomic E-state index is 12.3. The molecule has 0 aromatic heterocycles. The van der Waals surface area contributed by atoms with Crippen LogP contribution in [0.3, 0.4) is 0 Å². The highest BCUT2D eigenvalue weighted by atomic mass is 19.4. The van der Waals surface area contributed by atoms with Crippen molar-refractivity contribution in [2.45, 2.75) is 18.5 Å². The van der Waals surface area contributed by atoms with Crippen molar-refractivity contribution in [3.05, 3.63) is 36.5 Å². The minimum absolute atomic E-state index is 2.21. The highest BCUT2D eigenvalue weighted by molar-refractivity contribution is 6.45. The maximum atomic E-state index is 12.3. The number of alkyl halides is 9. The molecule has 0 aromatic rings. The molecule has 0 unspecified atom stereocenters. The average molecular weight is 428 g/mol. The normalized spacial score (nSPS) is 11.9. The molecular weight excluding hydrogens is 422 g/mol. The van der Waals surface area contributed by atoms with Gasteiger partial charge in [-0.25, -0.2) is 14.4 Å². The van der Waals surface area contributed by atoms with Crippen LogP contribution >= 0.6 is 0 Å². The van der Waals surface area contributed by atoms with Gasteiger partial charge in [0.15, 0.2) is 0 Å². The summed E-state index contributed by atoms with van der Waals surface area (Å²) in [7, 11) is -3.38. The van der Waals surface area contributed by atoms with Crippen LogP contribution < -0.4 is 0 Å². The SMILES string of the molecule is C=C(C(=O)OB(OC(=O)C(=C)C(F)(F)F)OC(=O)C(=C)C(F)(F)F)C(F)(F)F. The van der Waals surface area contributed by atoms with Crippen molar-refractivity contribution < 1.29 is 67.9 Å². The Hall–Kier alpha value is -2.94. The van der Waals surface area contributed by atoms with Gasteiger partial charge in [0.2, 0.25) is 0 Å². The number of halogens is 9. The zero-order valence-electron chi connectivity index (χ0n) is 13.0. The van der Waals surface area contributed by atoms with Gasteiger partial charge in [-0.1, -0.05) is 19.7 Å². The van der Waals surface area contributed by atoms with Gasteiger partial charge >= 0.3 is 43.8 Å². The predicted molar refractivity (Wildman–Crippen MR) is 69.6 cm³/mol. The topological polar surface area (TPSA) is 78.9 Å². The number of carbonyl (C=O) groups is 3. The minimum atomic E-state index is -5.44. The molecular formula is C12H6BF9O6. The average Bonchev–Trinajstić information content (AvgIpc) is 2.49. The lowest BCUT2D eigenvalue weighted by Gasteiger charge is -2.17. The zero-order valence-corrected chi connectivity index (χ0v) is 13.0. The van der Waals surface area contributed by atoms with E-state index in [1.165, 1.54) is 0 Å². The second-order valence-corrected chi connectivity index (χ2v) is 4.43. The van der Waals surface area contributed by atoms with Crippen LogP contribution in [0.2, 0.25) is 0 Å². The molecule has 0 atom stereocenters. The molecule has 28 heavy (non-hydrogen) atoms. The van der Waals surface area contributed by atoms with Crippen LogP contribution in [0.4, 0.5) is 39.5 Å². The Morgan fingerprint density at radius 2 is 0.714 bits per heavy atom. The Balaban J connectivity index is 5.55. The van der Waals surface area contributed by atoms with E-state index in [0.29, 0.717) is 0 Å². The van der Waals surface area contributed by atoms with Gasteiger partial charge in [-0.15, -0.1) is 0 Å². The number of hydrogen-bond acceptors (Lipinski definition) is 6. The van der Waals surface area contributed by atoms with E-state index in [4.69, 9.17) is 0 Å². The molecule has 0 rings (SSSR count). The molecule has 0 saturated carbocycles. The Kier molecular flexibility index (Phi) is 7.51. The van der Waals surface area contributed by atoms with Crippen LogP contribution in [0.25, 0.3) is 0 Å². The van der Waals surface area contributed by atoms with Crippen molar-refractivity contribution in [2.24, 2.45) is 0 Å². The molecule has 0 aliphatic rings. The Bertz CT molecular complexity index is 609. The van der Waals surface area contributed by atoms with E-state index in [1.54, 1.807) is 0 Å². The molecule has 0 aromatic carbocycles. The summed E-state index contributed by atoms with van der Waals surface area (Å²) in [5.74, 6) is -7.60. The van der Waals surface area contributed by atoms with Crippen molar-refractivity contribution in [3.8, 4) is 0 Å². The van der Waals surface area contributed by atoms with Gasteiger partial charge in [0, 0.05) is 0 Å². The van der Waals surface area contributed by atoms with E-state index in [9.17, 15) is 53.9 Å². The Morgan fingerprint density at radius 3 is 0.857 bits per heavy atom. The molecule has 0 amide bonds. The summed E-state index contributed by atoms with van der Waals surface area (Å²) in [5, 5.41) is 0. The number of hydrogen-bond donors (Lipinski definition) is 0. The molecule has 6 nitrogen and oxygen atoms in total. The number of rotatable bonds is 6. The lowest BCUT2D eigenvalue weighted by molar-refractivity contribution is -0.153. The predicted octanol–water partition coefficient (Wildman–Crippen LogP) is 2.96. The second kappa shape index (κ2) is 8.39. The fraction of sp³-hybridized carbons (Fsp3) is 0.250.